The fourth-order valence-electron chi connectivity index (χ4n) is 7.85. The van der Waals surface area contributed by atoms with E-state index in [-0.39, 0.29) is 31.5 Å². The molecule has 65 heavy (non-hydrogen) atoms. The van der Waals surface area contributed by atoms with Gasteiger partial charge >= 0.3 is 5.97 Å². The molecule has 0 aromatic carbocycles. The molecule has 0 aromatic rings. The van der Waals surface area contributed by atoms with E-state index in [1.165, 1.54) is 135 Å². The Bertz CT molecular complexity index is 1220. The van der Waals surface area contributed by atoms with Crippen molar-refractivity contribution >= 4 is 19.7 Å². The van der Waals surface area contributed by atoms with Crippen LogP contribution in [0, 0.1) is 0 Å². The molecular weight excluding hydrogens is 832 g/mol. The zero-order chi connectivity index (χ0) is 48.0. The number of rotatable bonds is 49. The third-order valence-corrected chi connectivity index (χ3v) is 13.0. The molecule has 9 nitrogen and oxygen atoms in total. The first-order valence-corrected chi connectivity index (χ1v) is 28.8. The quantitative estimate of drug-likeness (QED) is 0.0212. The van der Waals surface area contributed by atoms with E-state index in [4.69, 9.17) is 13.8 Å². The molecule has 382 valence electrons. The van der Waals surface area contributed by atoms with Gasteiger partial charge in [-0.3, -0.25) is 14.2 Å². The summed E-state index contributed by atoms with van der Waals surface area (Å²) < 4.78 is 30.2. The van der Waals surface area contributed by atoms with Crippen LogP contribution in [-0.4, -0.2) is 69.4 Å². The van der Waals surface area contributed by atoms with Crippen molar-refractivity contribution in [3.05, 3.63) is 36.5 Å². The Morgan fingerprint density at radius 2 is 0.985 bits per heavy atom. The van der Waals surface area contributed by atoms with Crippen LogP contribution in [0.3, 0.4) is 0 Å². The molecule has 0 saturated carbocycles. The second kappa shape index (κ2) is 46.0. The first kappa shape index (κ1) is 63.2. The predicted molar refractivity (Wildman–Crippen MR) is 275 cm³/mol. The van der Waals surface area contributed by atoms with Crippen molar-refractivity contribution in [2.24, 2.45) is 0 Å². The molecule has 0 fully saturated rings. The minimum Gasteiger partial charge on any atom is -0.756 e. The van der Waals surface area contributed by atoms with Crippen LogP contribution >= 0.6 is 7.82 Å². The van der Waals surface area contributed by atoms with Crippen LogP contribution in [0.25, 0.3) is 0 Å². The number of carbonyl (C=O) groups excluding carboxylic acids is 2. The lowest BCUT2D eigenvalue weighted by atomic mass is 10.0. The van der Waals surface area contributed by atoms with E-state index in [0.717, 1.165) is 83.5 Å². The number of nitrogens with zero attached hydrogens (tertiary/aromatic N) is 1. The Kier molecular flexibility index (Phi) is 44.7. The summed E-state index contributed by atoms with van der Waals surface area (Å²) in [6.45, 7) is 6.73. The first-order valence-electron chi connectivity index (χ1n) is 27.3. The highest BCUT2D eigenvalue weighted by atomic mass is 31.2. The Hall–Kier alpha value is -1.77. The van der Waals surface area contributed by atoms with Gasteiger partial charge in [-0.1, -0.05) is 218 Å². The summed E-state index contributed by atoms with van der Waals surface area (Å²) in [5, 5.41) is 3.01. The highest BCUT2D eigenvalue weighted by Gasteiger charge is 2.27. The van der Waals surface area contributed by atoms with Gasteiger partial charge in [0.25, 0.3) is 7.82 Å². The average Bonchev–Trinajstić information content (AvgIpc) is 3.26. The van der Waals surface area contributed by atoms with Crippen LogP contribution in [0.1, 0.15) is 252 Å². The molecule has 1 N–H and O–H groups in total. The molecule has 0 aromatic heterocycles. The lowest BCUT2D eigenvalue weighted by molar-refractivity contribution is -0.870. The maximum Gasteiger partial charge on any atom is 0.306 e. The molecule has 3 unspecified atom stereocenters. The Labute approximate surface area is 402 Å². The summed E-state index contributed by atoms with van der Waals surface area (Å²) in [4.78, 5) is 39.7. The number of hydrogen-bond donors (Lipinski definition) is 1. The third-order valence-electron chi connectivity index (χ3n) is 12.1. The van der Waals surface area contributed by atoms with E-state index in [0.29, 0.717) is 17.4 Å². The molecule has 3 atom stereocenters. The Morgan fingerprint density at radius 1 is 0.554 bits per heavy atom. The number of phosphoric acid groups is 1. The number of hydrogen-bond acceptors (Lipinski definition) is 7. The van der Waals surface area contributed by atoms with Crippen molar-refractivity contribution < 1.29 is 37.3 Å². The van der Waals surface area contributed by atoms with Gasteiger partial charge in [-0.05, 0) is 57.4 Å². The highest BCUT2D eigenvalue weighted by molar-refractivity contribution is 7.45. The van der Waals surface area contributed by atoms with Crippen molar-refractivity contribution in [2.45, 2.75) is 264 Å². The van der Waals surface area contributed by atoms with E-state index in [2.05, 4.69) is 50.4 Å². The van der Waals surface area contributed by atoms with E-state index < -0.39 is 20.0 Å². The smallest absolute Gasteiger partial charge is 0.306 e. The number of nitrogens with one attached hydrogen (secondary N) is 1. The normalized spacial score (nSPS) is 14.1. The largest absolute Gasteiger partial charge is 0.756 e. The van der Waals surface area contributed by atoms with Crippen molar-refractivity contribution in [3.63, 3.8) is 0 Å². The molecule has 0 heterocycles. The lowest BCUT2D eigenvalue weighted by Gasteiger charge is -2.30. The van der Waals surface area contributed by atoms with Crippen LogP contribution in [0.5, 0.6) is 0 Å². The van der Waals surface area contributed by atoms with Gasteiger partial charge in [-0.15, -0.1) is 0 Å². The van der Waals surface area contributed by atoms with E-state index >= 15 is 0 Å². The van der Waals surface area contributed by atoms with Gasteiger partial charge in [0.2, 0.25) is 5.91 Å². The van der Waals surface area contributed by atoms with Crippen molar-refractivity contribution in [3.8, 4) is 0 Å². The number of quaternary nitrogens is 1. The van der Waals surface area contributed by atoms with Gasteiger partial charge in [-0.2, -0.15) is 0 Å². The molecule has 1 amide bonds. The summed E-state index contributed by atoms with van der Waals surface area (Å²) in [6, 6.07) is -0.886. The van der Waals surface area contributed by atoms with Crippen LogP contribution in [0.2, 0.25) is 0 Å². The van der Waals surface area contributed by atoms with Gasteiger partial charge in [-0.25, -0.2) is 0 Å². The van der Waals surface area contributed by atoms with Crippen molar-refractivity contribution in [1.29, 1.82) is 0 Å². The monoisotopic (exact) mass is 937 g/mol. The van der Waals surface area contributed by atoms with Gasteiger partial charge in [0.05, 0.1) is 33.8 Å². The number of phosphoric ester groups is 1. The zero-order valence-corrected chi connectivity index (χ0v) is 44.3. The fraction of sp³-hybridized carbons (Fsp3) is 0.855. The number of allylic oxidation sites excluding steroid dienone is 5. The van der Waals surface area contributed by atoms with E-state index in [1.54, 1.807) is 0 Å². The van der Waals surface area contributed by atoms with Crippen molar-refractivity contribution in [2.75, 3.05) is 40.9 Å². The highest BCUT2D eigenvalue weighted by Crippen LogP contribution is 2.38. The first-order chi connectivity index (χ1) is 31.4. The summed E-state index contributed by atoms with van der Waals surface area (Å²) in [5.41, 5.74) is 0. The Balaban J connectivity index is 5.39. The molecule has 0 saturated heterocycles. The summed E-state index contributed by atoms with van der Waals surface area (Å²) in [7, 11) is 1.18. The van der Waals surface area contributed by atoms with Crippen LogP contribution in [-0.2, 0) is 27.9 Å². The minimum absolute atomic E-state index is 0.0222. The molecule has 0 spiro atoms. The second-order valence-corrected chi connectivity index (χ2v) is 21.1. The number of carbonyl (C=O) groups is 2. The number of unbranched alkanes of at least 4 members (excludes halogenated alkanes) is 29. The topological polar surface area (TPSA) is 114 Å². The lowest BCUT2D eigenvalue weighted by Crippen LogP contribution is -2.47. The summed E-state index contributed by atoms with van der Waals surface area (Å²) in [6.07, 6.45) is 52.4. The number of ether oxygens (including phenoxy) is 1. The SMILES string of the molecule is CC/C=C/C/C=C/CCCCCCCCCC(=O)NC(COP(=O)([O-])OCC[N+](C)(C)C)C(/C=C/CCCCCCCCCCCC)OC(=O)CCCCCCCCCCCCCCC. The van der Waals surface area contributed by atoms with Crippen molar-refractivity contribution in [1.82, 2.24) is 5.32 Å². The third kappa shape index (κ3) is 47.1. The molecule has 0 aliphatic carbocycles. The number of amides is 1. The summed E-state index contributed by atoms with van der Waals surface area (Å²) in [5.74, 6) is -0.544. The van der Waals surface area contributed by atoms with E-state index in [9.17, 15) is 19.0 Å². The van der Waals surface area contributed by atoms with Crippen LogP contribution in [0.4, 0.5) is 0 Å². The minimum atomic E-state index is -4.69. The number of esters is 1. The van der Waals surface area contributed by atoms with Crippen LogP contribution < -0.4 is 10.2 Å². The average molecular weight is 937 g/mol. The molecule has 0 bridgehead atoms. The molecule has 0 rings (SSSR count). The number of likely N-dealkylation sites (N-methyl/N-ethyl adjacent to an activating group) is 1. The van der Waals surface area contributed by atoms with E-state index in [1.807, 2.05) is 33.3 Å². The molecule has 0 aliphatic heterocycles. The fourth-order valence-corrected chi connectivity index (χ4v) is 8.58. The van der Waals surface area contributed by atoms with Gasteiger partial charge in [0.1, 0.15) is 19.3 Å². The van der Waals surface area contributed by atoms with Gasteiger partial charge in [0.15, 0.2) is 0 Å². The molecule has 0 radical (unpaired) electrons. The standard InChI is InChI=1S/C55H105N2O7P/c1-7-10-13-16-19-22-25-28-30-32-35-38-41-44-47-54(58)56-52(51-63-65(60,61)62-50-49-57(4,5)6)53(46-43-40-37-34-31-27-24-21-18-15-12-9-3)64-55(59)48-45-42-39-36-33-29-26-23-20-17-14-11-8-2/h10,13,19,22,43,46,52-53H,7-9,11-12,14-18,20-21,23-42,44-45,47-51H2,1-6H3,(H-,56,58,60,61)/b13-10+,22-19+,46-43+. The molecular formula is C55H105N2O7P. The maximum absolute atomic E-state index is 13.4. The predicted octanol–water partition coefficient (Wildman–Crippen LogP) is 15.4. The zero-order valence-electron chi connectivity index (χ0n) is 43.4. The maximum atomic E-state index is 13.4. The molecule has 10 heteroatoms. The second-order valence-electron chi connectivity index (χ2n) is 19.7. The Morgan fingerprint density at radius 3 is 1.46 bits per heavy atom. The molecule has 0 aliphatic rings. The van der Waals surface area contributed by atoms with Gasteiger partial charge in [0, 0.05) is 12.8 Å². The van der Waals surface area contributed by atoms with Crippen LogP contribution in [0.15, 0.2) is 36.5 Å². The van der Waals surface area contributed by atoms with Gasteiger partial charge < -0.3 is 28.5 Å². The summed E-state index contributed by atoms with van der Waals surface area (Å²) >= 11 is 0.